The fraction of sp³-hybridized carbons (Fsp3) is 0.261. The molecule has 3 aromatic rings. The van der Waals surface area contributed by atoms with Crippen molar-refractivity contribution in [1.82, 2.24) is 14.7 Å². The van der Waals surface area contributed by atoms with Gasteiger partial charge in [0.2, 0.25) is 0 Å². The van der Waals surface area contributed by atoms with Gasteiger partial charge in [-0.2, -0.15) is 5.10 Å². The number of benzene rings is 1. The third kappa shape index (κ3) is 4.27. The van der Waals surface area contributed by atoms with Gasteiger partial charge in [-0.05, 0) is 51.1 Å². The Morgan fingerprint density at radius 3 is 2.55 bits per heavy atom. The summed E-state index contributed by atoms with van der Waals surface area (Å²) in [7, 11) is 0. The van der Waals surface area contributed by atoms with Gasteiger partial charge in [-0.1, -0.05) is 0 Å². The summed E-state index contributed by atoms with van der Waals surface area (Å²) in [5.41, 5.74) is 0.344. The predicted octanol–water partition coefficient (Wildman–Crippen LogP) is 3.04. The number of hydrogen-bond donors (Lipinski definition) is 1. The third-order valence-corrected chi connectivity index (χ3v) is 5.16. The van der Waals surface area contributed by atoms with Crippen LogP contribution in [0.2, 0.25) is 0 Å². The number of imide groups is 1. The van der Waals surface area contributed by atoms with Crippen molar-refractivity contribution in [2.24, 2.45) is 0 Å². The molecule has 0 aliphatic carbocycles. The number of ether oxygens (including phenoxy) is 1. The number of nitrogens with zero attached hydrogens (tertiary/aromatic N) is 3. The molecule has 4 rings (SSSR count). The SMILES string of the molecule is CC(C)n1nccc1NC(=O)[C@@H](C)OC(=O)c1ccc2c(c1)C(=O)N(Cc1ccco1)C2=O. The largest absolute Gasteiger partial charge is 0.467 e. The van der Waals surface area contributed by atoms with E-state index in [9.17, 15) is 19.2 Å². The van der Waals surface area contributed by atoms with Crippen LogP contribution in [0, 0.1) is 0 Å². The number of aromatic nitrogens is 2. The Balaban J connectivity index is 1.44. The van der Waals surface area contributed by atoms with Crippen LogP contribution in [0.5, 0.6) is 0 Å². The van der Waals surface area contributed by atoms with E-state index in [1.54, 1.807) is 29.1 Å². The van der Waals surface area contributed by atoms with Gasteiger partial charge in [0.05, 0.1) is 35.7 Å². The molecule has 33 heavy (non-hydrogen) atoms. The maximum Gasteiger partial charge on any atom is 0.338 e. The minimum Gasteiger partial charge on any atom is -0.467 e. The van der Waals surface area contributed by atoms with Crippen molar-refractivity contribution >= 4 is 29.5 Å². The van der Waals surface area contributed by atoms with Gasteiger partial charge in [-0.15, -0.1) is 0 Å². The zero-order valence-corrected chi connectivity index (χ0v) is 18.3. The summed E-state index contributed by atoms with van der Waals surface area (Å²) in [6, 6.07) is 9.10. The second kappa shape index (κ2) is 8.73. The van der Waals surface area contributed by atoms with Crippen molar-refractivity contribution < 1.29 is 28.3 Å². The minimum absolute atomic E-state index is 0.0106. The number of furan rings is 1. The van der Waals surface area contributed by atoms with Crippen LogP contribution in [0.1, 0.15) is 63.6 Å². The van der Waals surface area contributed by atoms with E-state index in [0.717, 1.165) is 4.90 Å². The van der Waals surface area contributed by atoms with Crippen molar-refractivity contribution in [2.75, 3.05) is 5.32 Å². The van der Waals surface area contributed by atoms with E-state index in [2.05, 4.69) is 10.4 Å². The molecule has 0 fully saturated rings. The first-order valence-corrected chi connectivity index (χ1v) is 10.3. The lowest BCUT2D eigenvalue weighted by atomic mass is 10.1. The van der Waals surface area contributed by atoms with Gasteiger partial charge in [0.15, 0.2) is 6.10 Å². The van der Waals surface area contributed by atoms with Crippen LogP contribution in [0.4, 0.5) is 5.82 Å². The number of fused-ring (bicyclic) bond motifs is 1. The lowest BCUT2D eigenvalue weighted by molar-refractivity contribution is -0.123. The van der Waals surface area contributed by atoms with Crippen molar-refractivity contribution in [3.63, 3.8) is 0 Å². The number of carbonyl (C=O) groups is 4. The number of nitrogens with one attached hydrogen (secondary N) is 1. The Morgan fingerprint density at radius 1 is 1.09 bits per heavy atom. The highest BCUT2D eigenvalue weighted by atomic mass is 16.5. The lowest BCUT2D eigenvalue weighted by Gasteiger charge is -2.16. The molecule has 0 spiro atoms. The topological polar surface area (TPSA) is 124 Å². The molecule has 3 amide bonds. The highest BCUT2D eigenvalue weighted by molar-refractivity contribution is 6.21. The quantitative estimate of drug-likeness (QED) is 0.433. The molecule has 3 heterocycles. The normalized spacial score (nSPS) is 13.9. The maximum atomic E-state index is 12.7. The standard InChI is InChI=1S/C23H22N4O6/c1-13(2)27-19(8-9-24-27)25-20(28)14(3)33-23(31)15-6-7-17-18(11-15)22(30)26(21(17)29)12-16-5-4-10-32-16/h4-11,13-14H,12H2,1-3H3,(H,25,28)/t14-/m1/s1. The van der Waals surface area contributed by atoms with Gasteiger partial charge in [-0.3, -0.25) is 19.3 Å². The molecule has 1 N–H and O–H groups in total. The summed E-state index contributed by atoms with van der Waals surface area (Å²) in [6.07, 6.45) is 1.91. The highest BCUT2D eigenvalue weighted by Crippen LogP contribution is 2.26. The van der Waals surface area contributed by atoms with Crippen LogP contribution in [-0.4, -0.2) is 44.5 Å². The van der Waals surface area contributed by atoms with Crippen LogP contribution in [0.3, 0.4) is 0 Å². The minimum atomic E-state index is -1.10. The van der Waals surface area contributed by atoms with Gasteiger partial charge < -0.3 is 14.5 Å². The highest BCUT2D eigenvalue weighted by Gasteiger charge is 2.36. The zero-order chi connectivity index (χ0) is 23.7. The number of amides is 3. The van der Waals surface area contributed by atoms with Crippen LogP contribution < -0.4 is 5.32 Å². The molecule has 0 radical (unpaired) electrons. The van der Waals surface area contributed by atoms with Crippen LogP contribution in [0.25, 0.3) is 0 Å². The Morgan fingerprint density at radius 2 is 1.85 bits per heavy atom. The fourth-order valence-corrected chi connectivity index (χ4v) is 3.45. The van der Waals surface area contributed by atoms with Crippen molar-refractivity contribution in [3.8, 4) is 0 Å². The lowest BCUT2D eigenvalue weighted by Crippen LogP contribution is -2.31. The first-order valence-electron chi connectivity index (χ1n) is 10.3. The first-order chi connectivity index (χ1) is 15.8. The van der Waals surface area contributed by atoms with E-state index >= 15 is 0 Å². The third-order valence-electron chi connectivity index (χ3n) is 5.16. The smallest absolute Gasteiger partial charge is 0.338 e. The molecule has 2 aromatic heterocycles. The number of rotatable bonds is 7. The Bertz CT molecular complexity index is 1230. The van der Waals surface area contributed by atoms with Crippen molar-refractivity contribution in [3.05, 3.63) is 71.3 Å². The van der Waals surface area contributed by atoms with E-state index in [4.69, 9.17) is 9.15 Å². The molecular weight excluding hydrogens is 428 g/mol. The zero-order valence-electron chi connectivity index (χ0n) is 18.3. The Labute approximate surface area is 189 Å². The monoisotopic (exact) mass is 450 g/mol. The molecule has 0 saturated heterocycles. The molecule has 10 heteroatoms. The molecular formula is C23H22N4O6. The van der Waals surface area contributed by atoms with E-state index in [1.165, 1.54) is 31.4 Å². The number of esters is 1. The van der Waals surface area contributed by atoms with Gasteiger partial charge in [0, 0.05) is 12.1 Å². The molecule has 1 atom stereocenters. The molecule has 10 nitrogen and oxygen atoms in total. The second-order valence-corrected chi connectivity index (χ2v) is 7.83. The van der Waals surface area contributed by atoms with Gasteiger partial charge in [-0.25, -0.2) is 9.48 Å². The predicted molar refractivity (Wildman–Crippen MR) is 115 cm³/mol. The molecule has 1 aliphatic rings. The Kier molecular flexibility index (Phi) is 5.82. The van der Waals surface area contributed by atoms with E-state index in [0.29, 0.717) is 11.6 Å². The number of hydrogen-bond acceptors (Lipinski definition) is 7. The Hall–Kier alpha value is -4.21. The van der Waals surface area contributed by atoms with Gasteiger partial charge >= 0.3 is 5.97 Å². The van der Waals surface area contributed by atoms with Crippen LogP contribution in [0.15, 0.2) is 53.3 Å². The van der Waals surface area contributed by atoms with Crippen molar-refractivity contribution in [1.29, 1.82) is 0 Å². The summed E-state index contributed by atoms with van der Waals surface area (Å²) in [4.78, 5) is 51.5. The molecule has 0 saturated carbocycles. The van der Waals surface area contributed by atoms with E-state index < -0.39 is 29.8 Å². The maximum absolute atomic E-state index is 12.7. The summed E-state index contributed by atoms with van der Waals surface area (Å²) >= 11 is 0. The molecule has 170 valence electrons. The summed E-state index contributed by atoms with van der Waals surface area (Å²) in [6.45, 7) is 5.27. The van der Waals surface area contributed by atoms with Crippen molar-refractivity contribution in [2.45, 2.75) is 39.5 Å². The van der Waals surface area contributed by atoms with Gasteiger partial charge in [0.1, 0.15) is 11.6 Å². The number of carbonyl (C=O) groups excluding carboxylic acids is 4. The molecule has 1 aliphatic heterocycles. The van der Waals surface area contributed by atoms with E-state index in [1.807, 2.05) is 13.8 Å². The fourth-order valence-electron chi connectivity index (χ4n) is 3.45. The molecule has 1 aromatic carbocycles. The van der Waals surface area contributed by atoms with Crippen LogP contribution >= 0.6 is 0 Å². The molecule has 0 unspecified atom stereocenters. The summed E-state index contributed by atoms with van der Waals surface area (Å²) in [5, 5.41) is 6.82. The van der Waals surface area contributed by atoms with Gasteiger partial charge in [0.25, 0.3) is 17.7 Å². The summed E-state index contributed by atoms with van der Waals surface area (Å²) in [5.74, 6) is -1.38. The van der Waals surface area contributed by atoms with E-state index in [-0.39, 0.29) is 29.3 Å². The average Bonchev–Trinajstić information content (AvgIpc) is 3.51. The summed E-state index contributed by atoms with van der Waals surface area (Å²) < 4.78 is 12.1. The number of anilines is 1. The average molecular weight is 450 g/mol. The van der Waals surface area contributed by atoms with Crippen LogP contribution in [-0.2, 0) is 16.1 Å². The molecule has 0 bridgehead atoms. The first kappa shape index (κ1) is 22.0. The second-order valence-electron chi connectivity index (χ2n) is 7.83.